The molecule has 0 aliphatic carbocycles. The molecule has 0 radical (unpaired) electrons. The zero-order valence-corrected chi connectivity index (χ0v) is 51.9. The number of urea groups is 1. The summed E-state index contributed by atoms with van der Waals surface area (Å²) < 4.78 is 44.1. The van der Waals surface area contributed by atoms with Crippen LogP contribution < -0.4 is 27.0 Å². The van der Waals surface area contributed by atoms with E-state index in [0.717, 1.165) is 32.3 Å². The van der Waals surface area contributed by atoms with Crippen molar-refractivity contribution in [2.75, 3.05) is 39.1 Å². The standard InChI is InChI=1S/C37H48N6O5S2.C25H35N3O6S/c1-24(2)33(42-36(46)43(5)20-29-22-49-35(40-29)25(3)4)34(45)39-28(16-26-12-8-6-9-13-26)18-32(44)31(17-27-14-10-7-11-15-27)41-37(47)48-21-30-19-38-23-50-30;1-18(2)15-28(35(31,32)22-10-8-20(26)9-11-22)16-24(29)23(14-19-6-4-3-5-7-19)27-25(30)34-21-12-13-33-17-21/h6-15,19,22-25,28,31-33,44H,16-18,20-21H2,1-5H3,(H,39,45)(H,41,47)(H,42,46);3-11,18,21,23-24,29H,12-17,26H2,1-2H3,(H,27,30)/t28-,31-,32-,33-;21-,23+,24-/m00/s1. The highest BCUT2D eigenvalue weighted by Crippen LogP contribution is 2.23. The smallest absolute Gasteiger partial charge is 0.407 e. The van der Waals surface area contributed by atoms with E-state index in [4.69, 9.17) is 19.9 Å². The third-order valence-corrected chi connectivity index (χ3v) is 17.6. The van der Waals surface area contributed by atoms with Gasteiger partial charge in [-0.2, -0.15) is 4.31 Å². The Balaban J connectivity index is 0.000000290. The number of thiazole rings is 2. The summed E-state index contributed by atoms with van der Waals surface area (Å²) in [4.78, 5) is 63.6. The maximum Gasteiger partial charge on any atom is 0.407 e. The third-order valence-electron chi connectivity index (χ3n) is 13.8. The quantitative estimate of drug-likeness (QED) is 0.0228. The van der Waals surface area contributed by atoms with Crippen LogP contribution in [0, 0.1) is 11.8 Å². The first-order chi connectivity index (χ1) is 40.6. The third kappa shape index (κ3) is 22.4. The maximum atomic E-state index is 13.9. The zero-order valence-electron chi connectivity index (χ0n) is 49.4. The monoisotopic (exact) mass is 1230 g/mol. The van der Waals surface area contributed by atoms with Gasteiger partial charge in [0, 0.05) is 55.8 Å². The van der Waals surface area contributed by atoms with Crippen molar-refractivity contribution in [2.45, 2.75) is 140 Å². The Hall–Kier alpha value is -6.99. The zero-order chi connectivity index (χ0) is 61.5. The van der Waals surface area contributed by atoms with Crippen LogP contribution in [0.1, 0.15) is 92.6 Å². The second-order valence-electron chi connectivity index (χ2n) is 22.2. The number of hydrogen-bond donors (Lipinski definition) is 7. The summed E-state index contributed by atoms with van der Waals surface area (Å²) in [6, 6.07) is 31.3. The van der Waals surface area contributed by atoms with E-state index in [9.17, 15) is 37.8 Å². The van der Waals surface area contributed by atoms with Crippen LogP contribution in [0.2, 0.25) is 0 Å². The van der Waals surface area contributed by atoms with Crippen molar-refractivity contribution in [3.63, 3.8) is 0 Å². The van der Waals surface area contributed by atoms with E-state index in [0.29, 0.717) is 57.0 Å². The Labute approximate surface area is 508 Å². The van der Waals surface area contributed by atoms with E-state index in [1.165, 1.54) is 44.8 Å². The molecule has 5 amide bonds. The molecule has 4 aromatic carbocycles. The Morgan fingerprint density at radius 1 is 0.753 bits per heavy atom. The van der Waals surface area contributed by atoms with E-state index >= 15 is 0 Å². The van der Waals surface area contributed by atoms with Gasteiger partial charge in [0.15, 0.2) is 0 Å². The van der Waals surface area contributed by atoms with Gasteiger partial charge < -0.3 is 56.3 Å². The first-order valence-electron chi connectivity index (χ1n) is 28.6. The highest BCUT2D eigenvalue weighted by molar-refractivity contribution is 7.89. The van der Waals surface area contributed by atoms with E-state index in [1.807, 2.05) is 124 Å². The van der Waals surface area contributed by atoms with Gasteiger partial charge in [-0.1, -0.05) is 133 Å². The molecule has 6 aromatic rings. The van der Waals surface area contributed by atoms with Gasteiger partial charge in [-0.3, -0.25) is 9.78 Å². The number of rotatable bonds is 28. The summed E-state index contributed by atoms with van der Waals surface area (Å²) in [6.07, 6.45) is -0.449. The molecule has 0 saturated carbocycles. The number of carbonyl (C=O) groups excluding carboxylic acids is 4. The van der Waals surface area contributed by atoms with Crippen LogP contribution in [-0.2, 0) is 61.4 Å². The fourth-order valence-electron chi connectivity index (χ4n) is 9.28. The van der Waals surface area contributed by atoms with Crippen LogP contribution >= 0.6 is 22.7 Å². The molecule has 0 unspecified atom stereocenters. The maximum absolute atomic E-state index is 13.9. The van der Waals surface area contributed by atoms with E-state index in [1.54, 1.807) is 30.1 Å². The van der Waals surface area contributed by atoms with E-state index in [-0.39, 0.29) is 60.9 Å². The van der Waals surface area contributed by atoms with Gasteiger partial charge in [0.2, 0.25) is 15.9 Å². The van der Waals surface area contributed by atoms with Gasteiger partial charge in [0.05, 0.1) is 70.0 Å². The fraction of sp³-hybridized carbons (Fsp3) is 0.452. The lowest BCUT2D eigenvalue weighted by Gasteiger charge is -2.30. The highest BCUT2D eigenvalue weighted by atomic mass is 32.2. The van der Waals surface area contributed by atoms with Crippen molar-refractivity contribution in [1.29, 1.82) is 0 Å². The summed E-state index contributed by atoms with van der Waals surface area (Å²) in [7, 11) is -2.23. The van der Waals surface area contributed by atoms with Crippen LogP contribution in [0.5, 0.6) is 0 Å². The molecule has 20 nitrogen and oxygen atoms in total. The van der Waals surface area contributed by atoms with Gasteiger partial charge in [0.1, 0.15) is 18.8 Å². The van der Waals surface area contributed by atoms with Gasteiger partial charge in [-0.15, -0.1) is 22.7 Å². The number of aromatic nitrogens is 2. The Kier molecular flexibility index (Phi) is 26.6. The van der Waals surface area contributed by atoms with Crippen LogP contribution in [0.3, 0.4) is 0 Å². The molecule has 7 rings (SSSR count). The Morgan fingerprint density at radius 2 is 1.34 bits per heavy atom. The lowest BCUT2D eigenvalue weighted by Crippen LogP contribution is -2.55. The number of anilines is 1. The molecule has 1 aliphatic rings. The number of benzene rings is 4. The first kappa shape index (κ1) is 67.1. The molecule has 1 saturated heterocycles. The Bertz CT molecular complexity index is 3060. The predicted molar refractivity (Wildman–Crippen MR) is 330 cm³/mol. The van der Waals surface area contributed by atoms with Crippen molar-refractivity contribution < 1.29 is 52.0 Å². The predicted octanol–water partition coefficient (Wildman–Crippen LogP) is 8.31. The second-order valence-corrected chi connectivity index (χ2v) is 26.0. The number of nitrogen functional groups attached to an aromatic ring is 1. The molecule has 7 atom stereocenters. The molecule has 8 N–H and O–H groups in total. The minimum atomic E-state index is -3.90. The number of aliphatic hydroxyl groups is 2. The van der Waals surface area contributed by atoms with E-state index < -0.39 is 58.6 Å². The normalized spacial score (nSPS) is 15.4. The van der Waals surface area contributed by atoms with Gasteiger partial charge in [0.25, 0.3) is 0 Å². The molecule has 0 bridgehead atoms. The number of amides is 5. The number of ether oxygens (including phenoxy) is 3. The number of carbonyl (C=O) groups is 4. The highest BCUT2D eigenvalue weighted by Gasteiger charge is 2.34. The fourth-order valence-corrected chi connectivity index (χ4v) is 12.2. The molecule has 1 aliphatic heterocycles. The van der Waals surface area contributed by atoms with Gasteiger partial charge >= 0.3 is 18.2 Å². The van der Waals surface area contributed by atoms with Crippen LogP contribution in [0.25, 0.3) is 0 Å². The van der Waals surface area contributed by atoms with Crippen LogP contribution in [0.15, 0.2) is 137 Å². The molecule has 1 fully saturated rings. The number of nitrogens with two attached hydrogens (primary N) is 1. The van der Waals surface area contributed by atoms with Crippen molar-refractivity contribution in [3.05, 3.63) is 165 Å². The summed E-state index contributed by atoms with van der Waals surface area (Å²) in [5.74, 6) is -0.264. The summed E-state index contributed by atoms with van der Waals surface area (Å²) >= 11 is 2.95. The summed E-state index contributed by atoms with van der Waals surface area (Å²) in [5, 5.41) is 37.4. The topological polar surface area (TPSA) is 277 Å². The minimum absolute atomic E-state index is 0.0126. The van der Waals surface area contributed by atoms with E-state index in [2.05, 4.69) is 45.1 Å². The summed E-state index contributed by atoms with van der Waals surface area (Å²) in [6.45, 7) is 12.9. The number of hydrogen-bond acceptors (Lipinski definition) is 16. The van der Waals surface area contributed by atoms with Crippen molar-refractivity contribution in [1.82, 2.24) is 40.4 Å². The van der Waals surface area contributed by atoms with Gasteiger partial charge in [-0.25, -0.2) is 27.8 Å². The van der Waals surface area contributed by atoms with Gasteiger partial charge in [-0.05, 0) is 78.5 Å². The molecule has 2 aromatic heterocycles. The van der Waals surface area contributed by atoms with Crippen molar-refractivity contribution >= 4 is 62.5 Å². The lowest BCUT2D eigenvalue weighted by atomic mass is 9.93. The van der Waals surface area contributed by atoms with Crippen LogP contribution in [0.4, 0.5) is 20.1 Å². The first-order valence-corrected chi connectivity index (χ1v) is 31.8. The molecule has 23 heteroatoms. The average molecular weight is 1230 g/mol. The average Bonchev–Trinajstić information content (AvgIpc) is 4.46. The minimum Gasteiger partial charge on any atom is -0.444 e. The molecule has 460 valence electrons. The molecule has 85 heavy (non-hydrogen) atoms. The number of nitrogens with zero attached hydrogens (tertiary/aromatic N) is 4. The number of nitrogens with one attached hydrogen (secondary N) is 4. The SMILES string of the molecule is CC(C)CN(C[C@H](O)[C@@H](Cc1ccccc1)NC(=O)O[C@H]1CCOC1)S(=O)(=O)c1ccc(N)cc1.CC(C)c1nc(CN(C)C(=O)N[C@H](C(=O)N[C@@H](Cc2ccccc2)C[C@H](O)[C@H](Cc2ccccc2)NC(=O)OCc2cncs2)C(C)C)cs1. The lowest BCUT2D eigenvalue weighted by molar-refractivity contribution is -0.124. The largest absolute Gasteiger partial charge is 0.444 e. The molecular formula is C62H83N9O11S3. The Morgan fingerprint density at radius 3 is 1.87 bits per heavy atom. The van der Waals surface area contributed by atoms with Crippen molar-refractivity contribution in [2.24, 2.45) is 11.8 Å². The molecule has 0 spiro atoms. The number of aliphatic hydroxyl groups excluding tert-OH is 2. The summed E-state index contributed by atoms with van der Waals surface area (Å²) in [5.41, 5.74) is 11.4. The molecule has 3 heterocycles. The second kappa shape index (κ2) is 33.6. The van der Waals surface area contributed by atoms with Crippen molar-refractivity contribution in [3.8, 4) is 0 Å². The van der Waals surface area contributed by atoms with Crippen LogP contribution in [-0.4, -0.2) is 138 Å². The number of alkyl carbamates (subject to hydrolysis) is 2. The number of sulfonamides is 1. The molecular weight excluding hydrogens is 1140 g/mol.